The highest BCUT2D eigenvalue weighted by molar-refractivity contribution is 5.77. The van der Waals surface area contributed by atoms with E-state index in [0.29, 0.717) is 31.7 Å². The van der Waals surface area contributed by atoms with E-state index >= 15 is 0 Å². The number of esters is 1. The second kappa shape index (κ2) is 7.35. The number of ether oxygens (including phenoxy) is 1. The van der Waals surface area contributed by atoms with Crippen molar-refractivity contribution in [2.75, 3.05) is 33.3 Å². The van der Waals surface area contributed by atoms with E-state index in [1.807, 2.05) is 4.90 Å². The molecule has 0 aliphatic carbocycles. The summed E-state index contributed by atoms with van der Waals surface area (Å²) in [7, 11) is 1.35. The molecule has 0 aromatic heterocycles. The summed E-state index contributed by atoms with van der Waals surface area (Å²) in [4.78, 5) is 27.5. The summed E-state index contributed by atoms with van der Waals surface area (Å²) in [5.41, 5.74) is 0.699. The van der Waals surface area contributed by atoms with Gasteiger partial charge < -0.3 is 9.64 Å². The van der Waals surface area contributed by atoms with Gasteiger partial charge in [0.15, 0.2) is 0 Å². The topological polar surface area (TPSA) is 49.9 Å². The number of hydrogen-bond donors (Lipinski definition) is 0. The Bertz CT molecular complexity index is 533. The van der Waals surface area contributed by atoms with Gasteiger partial charge in [0.05, 0.1) is 7.11 Å². The number of hydrogen-bond acceptors (Lipinski definition) is 4. The monoisotopic (exact) mass is 308 g/mol. The van der Waals surface area contributed by atoms with E-state index in [4.69, 9.17) is 4.74 Å². The summed E-state index contributed by atoms with van der Waals surface area (Å²) in [6.45, 7) is 4.07. The van der Waals surface area contributed by atoms with Crippen molar-refractivity contribution < 1.29 is 18.7 Å². The maximum Gasteiger partial charge on any atom is 0.327 e. The number of benzene rings is 1. The number of amides is 1. The fourth-order valence-corrected chi connectivity index (χ4v) is 2.76. The van der Waals surface area contributed by atoms with E-state index in [9.17, 15) is 14.0 Å². The molecular weight excluding hydrogens is 287 g/mol. The van der Waals surface area contributed by atoms with Crippen molar-refractivity contribution in [3.8, 4) is 0 Å². The van der Waals surface area contributed by atoms with Crippen molar-refractivity contribution in [2.24, 2.45) is 0 Å². The summed E-state index contributed by atoms with van der Waals surface area (Å²) in [5.74, 6) is -0.674. The van der Waals surface area contributed by atoms with Gasteiger partial charge in [-0.25, -0.2) is 9.18 Å². The standard InChI is InChI=1S/C16H21FN2O3/c1-12(20)18-8-3-9-19(11-10-18)15(16(21)22-2)13-4-6-14(17)7-5-13/h4-7,15H,3,8-11H2,1-2H3/t15-/m0/s1. The zero-order valence-corrected chi connectivity index (χ0v) is 12.9. The van der Waals surface area contributed by atoms with Crippen LogP contribution >= 0.6 is 0 Å². The van der Waals surface area contributed by atoms with Gasteiger partial charge in [-0.05, 0) is 24.1 Å². The van der Waals surface area contributed by atoms with Crippen LogP contribution in [0.2, 0.25) is 0 Å². The lowest BCUT2D eigenvalue weighted by atomic mass is 10.0. The third-order valence-electron chi connectivity index (χ3n) is 3.95. The molecule has 1 aromatic carbocycles. The Morgan fingerprint density at radius 3 is 2.41 bits per heavy atom. The molecule has 22 heavy (non-hydrogen) atoms. The predicted octanol–water partition coefficient (Wildman–Crippen LogP) is 1.59. The molecule has 1 atom stereocenters. The average molecular weight is 308 g/mol. The van der Waals surface area contributed by atoms with Crippen molar-refractivity contribution in [3.63, 3.8) is 0 Å². The Morgan fingerprint density at radius 2 is 1.82 bits per heavy atom. The van der Waals surface area contributed by atoms with Crippen molar-refractivity contribution >= 4 is 11.9 Å². The van der Waals surface area contributed by atoms with Gasteiger partial charge in [-0.1, -0.05) is 12.1 Å². The van der Waals surface area contributed by atoms with Gasteiger partial charge in [0.1, 0.15) is 11.9 Å². The van der Waals surface area contributed by atoms with Crippen molar-refractivity contribution in [2.45, 2.75) is 19.4 Å². The molecular formula is C16H21FN2O3. The quantitative estimate of drug-likeness (QED) is 0.796. The summed E-state index contributed by atoms with van der Waals surface area (Å²) in [6.07, 6.45) is 0.786. The van der Waals surface area contributed by atoms with Crippen LogP contribution in [0.5, 0.6) is 0 Å². The molecule has 0 saturated carbocycles. The maximum atomic E-state index is 13.1. The van der Waals surface area contributed by atoms with Crippen LogP contribution in [0.3, 0.4) is 0 Å². The van der Waals surface area contributed by atoms with Crippen molar-refractivity contribution in [1.29, 1.82) is 0 Å². The molecule has 6 heteroatoms. The zero-order valence-electron chi connectivity index (χ0n) is 12.9. The summed E-state index contributed by atoms with van der Waals surface area (Å²) in [6, 6.07) is 5.31. The smallest absolute Gasteiger partial charge is 0.327 e. The summed E-state index contributed by atoms with van der Waals surface area (Å²) < 4.78 is 18.0. The van der Waals surface area contributed by atoms with E-state index in [-0.39, 0.29) is 17.7 Å². The van der Waals surface area contributed by atoms with Crippen LogP contribution in [0.1, 0.15) is 24.9 Å². The Balaban J connectivity index is 2.20. The highest BCUT2D eigenvalue weighted by atomic mass is 19.1. The molecule has 2 rings (SSSR count). The molecule has 120 valence electrons. The molecule has 0 bridgehead atoms. The first kappa shape index (κ1) is 16.4. The number of rotatable bonds is 3. The first-order valence-electron chi connectivity index (χ1n) is 7.36. The second-order valence-corrected chi connectivity index (χ2v) is 5.37. The van der Waals surface area contributed by atoms with E-state index in [2.05, 4.69) is 0 Å². The highest BCUT2D eigenvalue weighted by Gasteiger charge is 2.30. The number of halogens is 1. The van der Waals surface area contributed by atoms with E-state index < -0.39 is 6.04 Å². The molecule has 1 aliphatic heterocycles. The molecule has 1 heterocycles. The Hall–Kier alpha value is -1.95. The van der Waals surface area contributed by atoms with Crippen molar-refractivity contribution in [1.82, 2.24) is 9.80 Å². The third kappa shape index (κ3) is 3.82. The minimum absolute atomic E-state index is 0.0400. The lowest BCUT2D eigenvalue weighted by molar-refractivity contribution is -0.147. The van der Waals surface area contributed by atoms with Crippen LogP contribution in [0, 0.1) is 5.82 Å². The lowest BCUT2D eigenvalue weighted by Crippen LogP contribution is -2.38. The van der Waals surface area contributed by atoms with Gasteiger partial charge in [-0.15, -0.1) is 0 Å². The fourth-order valence-electron chi connectivity index (χ4n) is 2.76. The molecule has 1 aliphatic rings. The van der Waals surface area contributed by atoms with Crippen LogP contribution in [-0.4, -0.2) is 55.0 Å². The molecule has 1 aromatic rings. The number of nitrogens with zero attached hydrogens (tertiary/aromatic N) is 2. The van der Waals surface area contributed by atoms with Crippen LogP contribution < -0.4 is 0 Å². The average Bonchev–Trinajstić information content (AvgIpc) is 2.75. The lowest BCUT2D eigenvalue weighted by Gasteiger charge is -2.28. The number of carbonyl (C=O) groups is 2. The highest BCUT2D eigenvalue weighted by Crippen LogP contribution is 2.24. The molecule has 0 unspecified atom stereocenters. The third-order valence-corrected chi connectivity index (χ3v) is 3.95. The molecule has 1 saturated heterocycles. The number of methoxy groups -OCH3 is 1. The fraction of sp³-hybridized carbons (Fsp3) is 0.500. The minimum atomic E-state index is -0.572. The van der Waals surface area contributed by atoms with Gasteiger partial charge >= 0.3 is 5.97 Å². The largest absolute Gasteiger partial charge is 0.468 e. The minimum Gasteiger partial charge on any atom is -0.468 e. The molecule has 0 N–H and O–H groups in total. The van der Waals surface area contributed by atoms with Crippen LogP contribution in [0.25, 0.3) is 0 Å². The van der Waals surface area contributed by atoms with E-state index in [1.54, 1.807) is 24.0 Å². The van der Waals surface area contributed by atoms with Gasteiger partial charge in [0, 0.05) is 33.1 Å². The Labute approximate surface area is 129 Å². The second-order valence-electron chi connectivity index (χ2n) is 5.37. The van der Waals surface area contributed by atoms with Crippen molar-refractivity contribution in [3.05, 3.63) is 35.6 Å². The van der Waals surface area contributed by atoms with E-state index in [1.165, 1.54) is 19.2 Å². The predicted molar refractivity (Wildman–Crippen MR) is 79.6 cm³/mol. The zero-order chi connectivity index (χ0) is 16.1. The SMILES string of the molecule is COC(=O)[C@H](c1ccc(F)cc1)N1CCCN(C(C)=O)CC1. The Morgan fingerprint density at radius 1 is 1.14 bits per heavy atom. The summed E-state index contributed by atoms with van der Waals surface area (Å²) >= 11 is 0. The summed E-state index contributed by atoms with van der Waals surface area (Å²) in [5, 5.41) is 0. The molecule has 5 nitrogen and oxygen atoms in total. The normalized spacial score (nSPS) is 17.7. The molecule has 1 fully saturated rings. The van der Waals surface area contributed by atoms with Gasteiger partial charge in [0.25, 0.3) is 0 Å². The maximum absolute atomic E-state index is 13.1. The van der Waals surface area contributed by atoms with E-state index in [0.717, 1.165) is 6.42 Å². The first-order valence-corrected chi connectivity index (χ1v) is 7.36. The molecule has 1 amide bonds. The van der Waals surface area contributed by atoms with Crippen LogP contribution in [0.15, 0.2) is 24.3 Å². The first-order chi connectivity index (χ1) is 10.5. The van der Waals surface area contributed by atoms with Gasteiger partial charge in [-0.2, -0.15) is 0 Å². The number of carbonyl (C=O) groups excluding carboxylic acids is 2. The van der Waals surface area contributed by atoms with Gasteiger partial charge in [0.2, 0.25) is 5.91 Å². The Kier molecular flexibility index (Phi) is 5.49. The van der Waals surface area contributed by atoms with Crippen LogP contribution in [0.4, 0.5) is 4.39 Å². The van der Waals surface area contributed by atoms with Gasteiger partial charge in [-0.3, -0.25) is 9.69 Å². The molecule has 0 spiro atoms. The van der Waals surface area contributed by atoms with Crippen LogP contribution in [-0.2, 0) is 14.3 Å². The molecule has 0 radical (unpaired) electrons.